The number of aliphatic hydroxyl groups is 1. The molecule has 34 heavy (non-hydrogen) atoms. The van der Waals surface area contributed by atoms with Crippen LogP contribution >= 0.6 is 0 Å². The van der Waals surface area contributed by atoms with Crippen molar-refractivity contribution in [2.24, 2.45) is 11.8 Å². The molecule has 3 saturated heterocycles. The van der Waals surface area contributed by atoms with Gasteiger partial charge < -0.3 is 30.1 Å². The zero-order valence-electron chi connectivity index (χ0n) is 20.3. The Morgan fingerprint density at radius 2 is 1.94 bits per heavy atom. The Bertz CT molecular complexity index is 950. The zero-order valence-corrected chi connectivity index (χ0v) is 20.3. The molecule has 0 aromatic heterocycles. The molecule has 0 radical (unpaired) electrons. The monoisotopic (exact) mass is 473 g/mol. The molecule has 0 aliphatic carbocycles. The molecule has 3 heterocycles. The maximum absolute atomic E-state index is 13.7. The number of likely N-dealkylation sites (tertiary alicyclic amines) is 1. The van der Waals surface area contributed by atoms with Crippen molar-refractivity contribution in [1.29, 1.82) is 0 Å². The number of ether oxygens (including phenoxy) is 2. The third-order valence-electron chi connectivity index (χ3n) is 7.23. The average Bonchev–Trinajstić information content (AvgIpc) is 3.34. The highest BCUT2D eigenvalue weighted by Crippen LogP contribution is 2.63. The summed E-state index contributed by atoms with van der Waals surface area (Å²) >= 11 is 0. The Hall–Kier alpha value is -2.65. The second-order valence-electron chi connectivity index (χ2n) is 9.95. The molecule has 3 aliphatic heterocycles. The normalized spacial score (nSPS) is 31.6. The fourth-order valence-electron chi connectivity index (χ4n) is 5.99. The molecule has 1 aromatic carbocycles. The Balaban J connectivity index is 1.64. The van der Waals surface area contributed by atoms with Gasteiger partial charge in [-0.3, -0.25) is 14.4 Å². The van der Waals surface area contributed by atoms with Crippen molar-refractivity contribution in [1.82, 2.24) is 10.2 Å². The number of nitrogens with one attached hydrogen (secondary N) is 2. The molecule has 2 unspecified atom stereocenters. The standard InChI is InChI=1S/C25H35N3O6/c1-5-33-17-9-7-16(8-10-17)27-21(30)18-19-23(32)28(13-6-14-29)20(22(31)26-15(2)3)25(19)12-11-24(18,4)34-25/h7-10,15,18-20,29H,5-6,11-14H2,1-4H3,(H,26,31)(H,27,30)/t18-,19-,20?,24+,25?/m0/s1. The van der Waals surface area contributed by atoms with Crippen LogP contribution in [0.1, 0.15) is 47.0 Å². The fourth-order valence-corrected chi connectivity index (χ4v) is 5.99. The van der Waals surface area contributed by atoms with Crippen LogP contribution in [0.5, 0.6) is 5.75 Å². The fraction of sp³-hybridized carbons (Fsp3) is 0.640. The summed E-state index contributed by atoms with van der Waals surface area (Å²) < 4.78 is 12.0. The highest BCUT2D eigenvalue weighted by atomic mass is 16.5. The number of anilines is 1. The van der Waals surface area contributed by atoms with Gasteiger partial charge >= 0.3 is 0 Å². The summed E-state index contributed by atoms with van der Waals surface area (Å²) in [5.41, 5.74) is -1.29. The van der Waals surface area contributed by atoms with Gasteiger partial charge in [0, 0.05) is 24.9 Å². The van der Waals surface area contributed by atoms with Crippen LogP contribution in [0, 0.1) is 11.8 Å². The van der Waals surface area contributed by atoms with Gasteiger partial charge in [-0.05, 0) is 71.2 Å². The Morgan fingerprint density at radius 1 is 1.24 bits per heavy atom. The van der Waals surface area contributed by atoms with Crippen molar-refractivity contribution in [2.45, 2.75) is 70.2 Å². The number of fused-ring (bicyclic) bond motifs is 1. The predicted octanol–water partition coefficient (Wildman–Crippen LogP) is 1.70. The number of nitrogens with zero attached hydrogens (tertiary/aromatic N) is 1. The molecule has 3 amide bonds. The van der Waals surface area contributed by atoms with Crippen LogP contribution in [-0.2, 0) is 19.1 Å². The van der Waals surface area contributed by atoms with E-state index >= 15 is 0 Å². The van der Waals surface area contributed by atoms with Crippen LogP contribution in [0.4, 0.5) is 5.69 Å². The van der Waals surface area contributed by atoms with E-state index in [1.54, 1.807) is 24.3 Å². The number of benzene rings is 1. The lowest BCUT2D eigenvalue weighted by molar-refractivity contribution is -0.145. The van der Waals surface area contributed by atoms with Crippen LogP contribution in [0.3, 0.4) is 0 Å². The lowest BCUT2D eigenvalue weighted by Crippen LogP contribution is -2.56. The summed E-state index contributed by atoms with van der Waals surface area (Å²) in [6.45, 7) is 8.18. The molecule has 186 valence electrons. The topological polar surface area (TPSA) is 117 Å². The van der Waals surface area contributed by atoms with E-state index in [2.05, 4.69) is 10.6 Å². The zero-order chi connectivity index (χ0) is 24.7. The number of amides is 3. The van der Waals surface area contributed by atoms with Gasteiger partial charge in [0.25, 0.3) is 0 Å². The van der Waals surface area contributed by atoms with Crippen LogP contribution in [0.25, 0.3) is 0 Å². The molecule has 3 fully saturated rings. The quantitative estimate of drug-likeness (QED) is 0.503. The number of hydrogen-bond donors (Lipinski definition) is 3. The molecule has 4 rings (SSSR count). The number of carbonyl (C=O) groups is 3. The van der Waals surface area contributed by atoms with Crippen LogP contribution in [0.2, 0.25) is 0 Å². The molecule has 9 heteroatoms. The van der Waals surface area contributed by atoms with E-state index in [1.807, 2.05) is 27.7 Å². The van der Waals surface area contributed by atoms with Crippen molar-refractivity contribution in [3.8, 4) is 5.75 Å². The summed E-state index contributed by atoms with van der Waals surface area (Å²) in [5.74, 6) is -1.60. The first-order valence-electron chi connectivity index (χ1n) is 12.1. The summed E-state index contributed by atoms with van der Waals surface area (Å²) in [6, 6.07) is 6.15. The van der Waals surface area contributed by atoms with E-state index in [0.717, 1.165) is 0 Å². The highest BCUT2D eigenvalue weighted by Gasteiger charge is 2.77. The highest BCUT2D eigenvalue weighted by molar-refractivity contribution is 6.02. The van der Waals surface area contributed by atoms with E-state index in [9.17, 15) is 19.5 Å². The minimum atomic E-state index is -1.05. The average molecular weight is 474 g/mol. The van der Waals surface area contributed by atoms with Crippen molar-refractivity contribution in [3.63, 3.8) is 0 Å². The maximum atomic E-state index is 13.7. The predicted molar refractivity (Wildman–Crippen MR) is 125 cm³/mol. The van der Waals surface area contributed by atoms with Gasteiger partial charge in [0.15, 0.2) is 0 Å². The second-order valence-corrected chi connectivity index (χ2v) is 9.95. The summed E-state index contributed by atoms with van der Waals surface area (Å²) in [4.78, 5) is 42.1. The minimum Gasteiger partial charge on any atom is -0.494 e. The van der Waals surface area contributed by atoms with E-state index in [4.69, 9.17) is 9.47 Å². The first-order valence-corrected chi connectivity index (χ1v) is 12.1. The largest absolute Gasteiger partial charge is 0.494 e. The molecule has 9 nitrogen and oxygen atoms in total. The lowest BCUT2D eigenvalue weighted by atomic mass is 9.66. The van der Waals surface area contributed by atoms with Crippen LogP contribution in [-0.4, -0.2) is 70.8 Å². The molecule has 0 saturated carbocycles. The molecular weight excluding hydrogens is 438 g/mol. The van der Waals surface area contributed by atoms with Gasteiger partial charge in [0.1, 0.15) is 17.4 Å². The van der Waals surface area contributed by atoms with Gasteiger partial charge in [0.05, 0.1) is 24.0 Å². The maximum Gasteiger partial charge on any atom is 0.246 e. The Morgan fingerprint density at radius 3 is 2.56 bits per heavy atom. The molecule has 3 aliphatic rings. The van der Waals surface area contributed by atoms with Gasteiger partial charge in [-0.2, -0.15) is 0 Å². The van der Waals surface area contributed by atoms with Gasteiger partial charge in [0.2, 0.25) is 17.7 Å². The van der Waals surface area contributed by atoms with Gasteiger partial charge in [-0.1, -0.05) is 0 Å². The Kier molecular flexibility index (Phi) is 6.61. The van der Waals surface area contributed by atoms with Crippen LogP contribution < -0.4 is 15.4 Å². The number of aliphatic hydroxyl groups excluding tert-OH is 1. The summed E-state index contributed by atoms with van der Waals surface area (Å²) in [6.07, 6.45) is 1.45. The molecule has 1 spiro atoms. The molecule has 1 aromatic rings. The molecule has 3 N–H and O–H groups in total. The number of hydrogen-bond acceptors (Lipinski definition) is 6. The number of rotatable bonds is 9. The SMILES string of the molecule is CCOc1ccc(NC(=O)[C@@H]2[C@H]3C(=O)N(CCCO)C(C(=O)NC(C)C)C34CC[C@@]2(C)O4)cc1. The first-order chi connectivity index (χ1) is 16.2. The third-order valence-corrected chi connectivity index (χ3v) is 7.23. The third kappa shape index (κ3) is 3.94. The van der Waals surface area contributed by atoms with E-state index < -0.39 is 29.1 Å². The summed E-state index contributed by atoms with van der Waals surface area (Å²) in [7, 11) is 0. The van der Waals surface area contributed by atoms with Gasteiger partial charge in [-0.25, -0.2) is 0 Å². The van der Waals surface area contributed by atoms with Gasteiger partial charge in [-0.15, -0.1) is 0 Å². The second kappa shape index (κ2) is 9.19. The first kappa shape index (κ1) is 24.5. The van der Waals surface area contributed by atoms with E-state index in [0.29, 0.717) is 37.3 Å². The van der Waals surface area contributed by atoms with Crippen molar-refractivity contribution < 1.29 is 29.0 Å². The van der Waals surface area contributed by atoms with Crippen molar-refractivity contribution >= 4 is 23.4 Å². The van der Waals surface area contributed by atoms with Crippen LogP contribution in [0.15, 0.2) is 24.3 Å². The lowest BCUT2D eigenvalue weighted by Gasteiger charge is -2.33. The molecule has 5 atom stereocenters. The molecule has 2 bridgehead atoms. The smallest absolute Gasteiger partial charge is 0.246 e. The molecular formula is C25H35N3O6. The van der Waals surface area contributed by atoms with Crippen molar-refractivity contribution in [2.75, 3.05) is 25.1 Å². The van der Waals surface area contributed by atoms with E-state index in [-0.39, 0.29) is 36.9 Å². The van der Waals surface area contributed by atoms with E-state index in [1.165, 1.54) is 4.90 Å². The minimum absolute atomic E-state index is 0.0970. The van der Waals surface area contributed by atoms with Crippen molar-refractivity contribution in [3.05, 3.63) is 24.3 Å². The summed E-state index contributed by atoms with van der Waals surface area (Å²) in [5, 5.41) is 15.2. The number of carbonyl (C=O) groups excluding carboxylic acids is 3. The Labute approximate surface area is 200 Å².